The largest absolute Gasteiger partial charge is 0.497 e. The number of hydrogen-bond donors (Lipinski definition) is 1. The molecule has 3 nitrogen and oxygen atoms in total. The van der Waals surface area contributed by atoms with Crippen molar-refractivity contribution >= 4 is 11.4 Å². The van der Waals surface area contributed by atoms with Crippen LogP contribution in [0.15, 0.2) is 36.4 Å². The van der Waals surface area contributed by atoms with Crippen LogP contribution in [0.1, 0.15) is 5.56 Å². The van der Waals surface area contributed by atoms with E-state index in [1.54, 1.807) is 31.3 Å². The van der Waals surface area contributed by atoms with Crippen LogP contribution in [-0.4, -0.2) is 19.3 Å². The first kappa shape index (κ1) is 14.3. The summed E-state index contributed by atoms with van der Waals surface area (Å²) in [6.45, 7) is -0.406. The van der Waals surface area contributed by atoms with Crippen molar-refractivity contribution in [2.45, 2.75) is 6.61 Å². The van der Waals surface area contributed by atoms with Gasteiger partial charge in [-0.2, -0.15) is 0 Å². The maximum Gasteiger partial charge on any atom is 0.150 e. The van der Waals surface area contributed by atoms with Gasteiger partial charge < -0.3 is 14.7 Å². The Morgan fingerprint density at radius 1 is 1.15 bits per heavy atom. The zero-order valence-corrected chi connectivity index (χ0v) is 11.2. The molecule has 0 unspecified atom stereocenters. The quantitative estimate of drug-likeness (QED) is 0.932. The smallest absolute Gasteiger partial charge is 0.150 e. The molecule has 0 fully saturated rings. The first-order valence-electron chi connectivity index (χ1n) is 6.03. The normalized spacial score (nSPS) is 10.4. The second-order valence-electron chi connectivity index (χ2n) is 4.33. The summed E-state index contributed by atoms with van der Waals surface area (Å²) >= 11 is 0. The number of methoxy groups -OCH3 is 1. The van der Waals surface area contributed by atoms with Gasteiger partial charge >= 0.3 is 0 Å². The van der Waals surface area contributed by atoms with Gasteiger partial charge in [-0.1, -0.05) is 6.07 Å². The fraction of sp³-hybridized carbons (Fsp3) is 0.200. The second-order valence-corrected chi connectivity index (χ2v) is 4.33. The van der Waals surface area contributed by atoms with E-state index in [1.165, 1.54) is 12.0 Å². The molecule has 0 aliphatic rings. The summed E-state index contributed by atoms with van der Waals surface area (Å²) in [6.07, 6.45) is 0. The van der Waals surface area contributed by atoms with E-state index in [9.17, 15) is 8.78 Å². The molecular weight excluding hydrogens is 264 g/mol. The molecule has 0 spiro atoms. The predicted octanol–water partition coefficient (Wildman–Crippen LogP) is 3.23. The predicted molar refractivity (Wildman–Crippen MR) is 73.3 cm³/mol. The van der Waals surface area contributed by atoms with Crippen LogP contribution in [0.2, 0.25) is 0 Å². The average molecular weight is 279 g/mol. The van der Waals surface area contributed by atoms with E-state index in [2.05, 4.69) is 0 Å². The van der Waals surface area contributed by atoms with E-state index < -0.39 is 18.2 Å². The number of nitrogens with zero attached hydrogens (tertiary/aromatic N) is 1. The lowest BCUT2D eigenvalue weighted by Gasteiger charge is -2.21. The molecular formula is C15H15F2NO2. The number of hydrogen-bond acceptors (Lipinski definition) is 3. The van der Waals surface area contributed by atoms with Crippen molar-refractivity contribution in [1.82, 2.24) is 0 Å². The summed E-state index contributed by atoms with van der Waals surface area (Å²) in [7, 11) is 3.09. The molecule has 2 rings (SSSR count). The molecule has 0 radical (unpaired) electrons. The lowest BCUT2D eigenvalue weighted by Crippen LogP contribution is -2.13. The van der Waals surface area contributed by atoms with E-state index >= 15 is 0 Å². The van der Waals surface area contributed by atoms with Gasteiger partial charge in [-0.15, -0.1) is 0 Å². The number of rotatable bonds is 4. The van der Waals surface area contributed by atoms with E-state index in [0.717, 1.165) is 12.1 Å². The molecule has 0 bridgehead atoms. The highest BCUT2D eigenvalue weighted by molar-refractivity contribution is 5.65. The summed E-state index contributed by atoms with van der Waals surface area (Å²) in [5, 5.41) is 8.94. The fourth-order valence-corrected chi connectivity index (χ4v) is 1.98. The maximum absolute atomic E-state index is 14.0. The zero-order chi connectivity index (χ0) is 14.7. The van der Waals surface area contributed by atoms with Crippen LogP contribution < -0.4 is 9.64 Å². The SMILES string of the molecule is COc1cccc(N(C)c2c(F)cc(CO)cc2F)c1. The Hall–Kier alpha value is -2.14. The van der Waals surface area contributed by atoms with Crippen molar-refractivity contribution < 1.29 is 18.6 Å². The Labute approximate surface area is 116 Å². The van der Waals surface area contributed by atoms with Gasteiger partial charge in [0.15, 0.2) is 0 Å². The molecule has 1 N–H and O–H groups in total. The molecule has 0 aliphatic carbocycles. The van der Waals surface area contributed by atoms with Crippen molar-refractivity contribution in [2.24, 2.45) is 0 Å². The summed E-state index contributed by atoms with van der Waals surface area (Å²) in [5.41, 5.74) is 0.622. The number of benzene rings is 2. The molecule has 5 heteroatoms. The van der Waals surface area contributed by atoms with Gasteiger partial charge in [-0.05, 0) is 29.8 Å². The molecule has 0 heterocycles. The highest BCUT2D eigenvalue weighted by Gasteiger charge is 2.16. The van der Waals surface area contributed by atoms with Crippen LogP contribution in [0, 0.1) is 11.6 Å². The van der Waals surface area contributed by atoms with Crippen LogP contribution in [0.4, 0.5) is 20.2 Å². The topological polar surface area (TPSA) is 32.7 Å². The first-order valence-corrected chi connectivity index (χ1v) is 6.03. The van der Waals surface area contributed by atoms with Gasteiger partial charge in [-0.25, -0.2) is 8.78 Å². The average Bonchev–Trinajstić information content (AvgIpc) is 2.46. The molecule has 0 saturated heterocycles. The lowest BCUT2D eigenvalue weighted by molar-refractivity contribution is 0.280. The summed E-state index contributed by atoms with van der Waals surface area (Å²) in [4.78, 5) is 1.40. The maximum atomic E-state index is 14.0. The molecule has 0 aliphatic heterocycles. The minimum atomic E-state index is -0.723. The molecule has 2 aromatic carbocycles. The van der Waals surface area contributed by atoms with Gasteiger partial charge in [0.2, 0.25) is 0 Å². The van der Waals surface area contributed by atoms with Gasteiger partial charge in [-0.3, -0.25) is 0 Å². The Bertz CT molecular complexity index is 594. The van der Waals surface area contributed by atoms with Crippen LogP contribution in [0.3, 0.4) is 0 Å². The minimum absolute atomic E-state index is 0.171. The van der Waals surface area contributed by atoms with Gasteiger partial charge in [0, 0.05) is 18.8 Å². The van der Waals surface area contributed by atoms with Crippen LogP contribution in [0.25, 0.3) is 0 Å². The number of aliphatic hydroxyl groups excluding tert-OH is 1. The third kappa shape index (κ3) is 2.72. The Kier molecular flexibility index (Phi) is 4.20. The van der Waals surface area contributed by atoms with Crippen molar-refractivity contribution in [3.63, 3.8) is 0 Å². The summed E-state index contributed by atoms with van der Waals surface area (Å²) in [5.74, 6) is -0.846. The van der Waals surface area contributed by atoms with E-state index in [0.29, 0.717) is 11.4 Å². The second kappa shape index (κ2) is 5.88. The highest BCUT2D eigenvalue weighted by Crippen LogP contribution is 2.31. The standard InChI is InChI=1S/C15H15F2NO2/c1-18(11-4-3-5-12(8-11)20-2)15-13(16)6-10(9-19)7-14(15)17/h3-8,19H,9H2,1-2H3. The molecule has 0 atom stereocenters. The molecule has 20 heavy (non-hydrogen) atoms. The summed E-state index contributed by atoms with van der Waals surface area (Å²) < 4.78 is 33.1. The fourth-order valence-electron chi connectivity index (χ4n) is 1.98. The molecule has 106 valence electrons. The third-order valence-electron chi connectivity index (χ3n) is 3.04. The van der Waals surface area contributed by atoms with E-state index in [4.69, 9.17) is 9.84 Å². The minimum Gasteiger partial charge on any atom is -0.497 e. The molecule has 0 amide bonds. The van der Waals surface area contributed by atoms with Crippen molar-refractivity contribution in [2.75, 3.05) is 19.1 Å². The first-order chi connectivity index (χ1) is 9.56. The van der Waals surface area contributed by atoms with E-state index in [1.807, 2.05) is 0 Å². The van der Waals surface area contributed by atoms with Crippen molar-refractivity contribution in [3.8, 4) is 5.75 Å². The molecule has 0 aromatic heterocycles. The molecule has 0 saturated carbocycles. The van der Waals surface area contributed by atoms with Gasteiger partial charge in [0.05, 0.1) is 13.7 Å². The Morgan fingerprint density at radius 2 is 1.80 bits per heavy atom. The number of aliphatic hydroxyl groups is 1. The number of halogens is 2. The van der Waals surface area contributed by atoms with Crippen LogP contribution in [0.5, 0.6) is 5.75 Å². The van der Waals surface area contributed by atoms with E-state index in [-0.39, 0.29) is 11.3 Å². The van der Waals surface area contributed by atoms with Crippen molar-refractivity contribution in [3.05, 3.63) is 53.6 Å². The lowest BCUT2D eigenvalue weighted by atomic mass is 10.1. The number of ether oxygens (including phenoxy) is 1. The third-order valence-corrected chi connectivity index (χ3v) is 3.04. The Balaban J connectivity index is 2.44. The zero-order valence-electron chi connectivity index (χ0n) is 11.2. The molecule has 2 aromatic rings. The van der Waals surface area contributed by atoms with Gasteiger partial charge in [0.25, 0.3) is 0 Å². The monoisotopic (exact) mass is 279 g/mol. The summed E-state index contributed by atoms with van der Waals surface area (Å²) in [6, 6.07) is 9.13. The van der Waals surface area contributed by atoms with Gasteiger partial charge in [0.1, 0.15) is 23.1 Å². The van der Waals surface area contributed by atoms with Crippen LogP contribution in [-0.2, 0) is 6.61 Å². The van der Waals surface area contributed by atoms with Crippen molar-refractivity contribution in [1.29, 1.82) is 0 Å². The van der Waals surface area contributed by atoms with Crippen LogP contribution >= 0.6 is 0 Å². The number of anilines is 2. The highest BCUT2D eigenvalue weighted by atomic mass is 19.1. The Morgan fingerprint density at radius 3 is 2.35 bits per heavy atom.